The Morgan fingerprint density at radius 2 is 1.48 bits per heavy atom. The van der Waals surface area contributed by atoms with Crippen molar-refractivity contribution in [1.82, 2.24) is 0 Å². The lowest BCUT2D eigenvalue weighted by molar-refractivity contribution is 0.354. The summed E-state index contributed by atoms with van der Waals surface area (Å²) in [6.45, 7) is 0. The van der Waals surface area contributed by atoms with Crippen molar-refractivity contribution in [2.45, 2.75) is 4.90 Å². The van der Waals surface area contributed by atoms with Crippen molar-refractivity contribution in [3.63, 3.8) is 0 Å². The van der Waals surface area contributed by atoms with E-state index in [2.05, 4.69) is 4.72 Å². The van der Waals surface area contributed by atoms with E-state index in [0.29, 0.717) is 22.3 Å². The van der Waals surface area contributed by atoms with Crippen LogP contribution in [-0.2, 0) is 10.0 Å². The number of ether oxygens (including phenoxy) is 3. The summed E-state index contributed by atoms with van der Waals surface area (Å²) in [4.78, 5) is 0.0252. The summed E-state index contributed by atoms with van der Waals surface area (Å²) in [6, 6.07) is 8.96. The molecule has 8 heteroatoms. The molecule has 2 aromatic carbocycles. The predicted octanol–water partition coefficient (Wildman–Crippen LogP) is 3.17. The highest BCUT2D eigenvalue weighted by Gasteiger charge is 2.19. The van der Waals surface area contributed by atoms with Gasteiger partial charge in [-0.25, -0.2) is 8.42 Å². The Kier molecular flexibility index (Phi) is 5.23. The highest BCUT2D eigenvalue weighted by atomic mass is 35.5. The number of sulfonamides is 1. The molecule has 0 saturated carbocycles. The van der Waals surface area contributed by atoms with Crippen molar-refractivity contribution in [3.05, 3.63) is 41.4 Å². The minimum atomic E-state index is -3.84. The van der Waals surface area contributed by atoms with Gasteiger partial charge in [0.15, 0.2) is 11.5 Å². The summed E-state index contributed by atoms with van der Waals surface area (Å²) in [5, 5.41) is 0.385. The molecule has 0 bridgehead atoms. The summed E-state index contributed by atoms with van der Waals surface area (Å²) in [5.41, 5.74) is 0.245. The molecule has 0 radical (unpaired) electrons. The Balaban J connectivity index is 2.41. The van der Waals surface area contributed by atoms with Gasteiger partial charge in [0, 0.05) is 11.1 Å². The van der Waals surface area contributed by atoms with Crippen molar-refractivity contribution in [2.24, 2.45) is 0 Å². The van der Waals surface area contributed by atoms with Gasteiger partial charge in [-0.2, -0.15) is 0 Å². The molecule has 0 spiro atoms. The maximum Gasteiger partial charge on any atom is 0.262 e. The van der Waals surface area contributed by atoms with Crippen LogP contribution in [0.4, 0.5) is 5.69 Å². The van der Waals surface area contributed by atoms with Crippen LogP contribution in [0.25, 0.3) is 0 Å². The van der Waals surface area contributed by atoms with E-state index in [-0.39, 0.29) is 10.6 Å². The maximum atomic E-state index is 12.5. The maximum absolute atomic E-state index is 12.5. The zero-order valence-electron chi connectivity index (χ0n) is 12.8. The average molecular weight is 358 g/mol. The SMILES string of the molecule is COc1ccc(Cl)cc1NS(=O)(=O)c1ccc(OC)c(OC)c1. The molecule has 2 aromatic rings. The Labute approximate surface area is 140 Å². The molecule has 0 aliphatic carbocycles. The van der Waals surface area contributed by atoms with Crippen LogP contribution in [-0.4, -0.2) is 29.7 Å². The van der Waals surface area contributed by atoms with Gasteiger partial charge < -0.3 is 14.2 Å². The molecule has 0 amide bonds. The first-order chi connectivity index (χ1) is 10.9. The number of anilines is 1. The van der Waals surface area contributed by atoms with E-state index >= 15 is 0 Å². The highest BCUT2D eigenvalue weighted by molar-refractivity contribution is 7.92. The molecule has 0 saturated heterocycles. The largest absolute Gasteiger partial charge is 0.495 e. The van der Waals surface area contributed by atoms with Gasteiger partial charge in [0.05, 0.1) is 31.9 Å². The topological polar surface area (TPSA) is 73.9 Å². The summed E-state index contributed by atoms with van der Waals surface area (Å²) >= 11 is 5.91. The molecule has 0 aliphatic heterocycles. The number of benzene rings is 2. The predicted molar refractivity (Wildman–Crippen MR) is 88.4 cm³/mol. The highest BCUT2D eigenvalue weighted by Crippen LogP contribution is 2.33. The van der Waals surface area contributed by atoms with Crippen molar-refractivity contribution in [1.29, 1.82) is 0 Å². The van der Waals surface area contributed by atoms with Gasteiger partial charge in [-0.1, -0.05) is 11.6 Å². The molecule has 23 heavy (non-hydrogen) atoms. The van der Waals surface area contributed by atoms with E-state index in [9.17, 15) is 8.42 Å². The lowest BCUT2D eigenvalue weighted by atomic mass is 10.3. The molecule has 0 atom stereocenters. The Morgan fingerprint density at radius 1 is 0.870 bits per heavy atom. The first-order valence-electron chi connectivity index (χ1n) is 6.49. The van der Waals surface area contributed by atoms with E-state index in [1.165, 1.54) is 45.6 Å². The van der Waals surface area contributed by atoms with Gasteiger partial charge in [-0.3, -0.25) is 4.72 Å². The average Bonchev–Trinajstić information content (AvgIpc) is 2.54. The van der Waals surface area contributed by atoms with Crippen LogP contribution in [0.15, 0.2) is 41.3 Å². The number of hydrogen-bond acceptors (Lipinski definition) is 5. The van der Waals surface area contributed by atoms with Crippen LogP contribution in [0.3, 0.4) is 0 Å². The second-order valence-electron chi connectivity index (χ2n) is 4.47. The van der Waals surface area contributed by atoms with Gasteiger partial charge in [0.25, 0.3) is 10.0 Å². The fourth-order valence-electron chi connectivity index (χ4n) is 1.95. The molecule has 2 rings (SSSR count). The van der Waals surface area contributed by atoms with E-state index in [1.54, 1.807) is 12.1 Å². The molecule has 0 aliphatic rings. The summed E-state index contributed by atoms with van der Waals surface area (Å²) in [5.74, 6) is 1.11. The first kappa shape index (κ1) is 17.2. The van der Waals surface area contributed by atoms with Crippen molar-refractivity contribution < 1.29 is 22.6 Å². The molecule has 124 valence electrons. The molecular formula is C15H16ClNO5S. The standard InChI is InChI=1S/C15H16ClNO5S/c1-20-13-6-4-10(16)8-12(13)17-23(18,19)11-5-7-14(21-2)15(9-11)22-3/h4-9,17H,1-3H3. The summed E-state index contributed by atoms with van der Waals surface area (Å²) in [7, 11) is 0.503. The van der Waals surface area contributed by atoms with Crippen molar-refractivity contribution >= 4 is 27.3 Å². The monoisotopic (exact) mass is 357 g/mol. The first-order valence-corrected chi connectivity index (χ1v) is 8.35. The van der Waals surface area contributed by atoms with Crippen LogP contribution in [0, 0.1) is 0 Å². The van der Waals surface area contributed by atoms with Gasteiger partial charge in [0.1, 0.15) is 5.75 Å². The minimum Gasteiger partial charge on any atom is -0.495 e. The quantitative estimate of drug-likeness (QED) is 0.859. The fourth-order valence-corrected chi connectivity index (χ4v) is 3.20. The van der Waals surface area contributed by atoms with Crippen LogP contribution in [0.2, 0.25) is 5.02 Å². The third-order valence-corrected chi connectivity index (χ3v) is 4.67. The normalized spacial score (nSPS) is 11.0. The van der Waals surface area contributed by atoms with Crippen LogP contribution >= 0.6 is 11.6 Å². The molecule has 1 N–H and O–H groups in total. The molecule has 0 aromatic heterocycles. The molecule has 0 unspecified atom stereocenters. The number of halogens is 1. The van der Waals surface area contributed by atoms with Gasteiger partial charge in [-0.15, -0.1) is 0 Å². The zero-order chi connectivity index (χ0) is 17.0. The third kappa shape index (κ3) is 3.80. The van der Waals surface area contributed by atoms with Crippen LogP contribution < -0.4 is 18.9 Å². The van der Waals surface area contributed by atoms with Gasteiger partial charge in [-0.05, 0) is 30.3 Å². The lowest BCUT2D eigenvalue weighted by Gasteiger charge is -2.13. The zero-order valence-corrected chi connectivity index (χ0v) is 14.4. The van der Waals surface area contributed by atoms with E-state index < -0.39 is 10.0 Å². The number of methoxy groups -OCH3 is 3. The third-order valence-electron chi connectivity index (χ3n) is 3.07. The Hall–Kier alpha value is -2.12. The molecule has 6 nitrogen and oxygen atoms in total. The van der Waals surface area contributed by atoms with Crippen molar-refractivity contribution in [2.75, 3.05) is 26.1 Å². The van der Waals surface area contributed by atoms with Crippen LogP contribution in [0.1, 0.15) is 0 Å². The molecular weight excluding hydrogens is 342 g/mol. The van der Waals surface area contributed by atoms with Gasteiger partial charge in [0.2, 0.25) is 0 Å². The summed E-state index contributed by atoms with van der Waals surface area (Å²) in [6.07, 6.45) is 0. The second kappa shape index (κ2) is 6.97. The number of rotatable bonds is 6. The summed E-state index contributed by atoms with van der Waals surface area (Å²) < 4.78 is 42.9. The number of nitrogens with one attached hydrogen (secondary N) is 1. The van der Waals surface area contributed by atoms with Gasteiger partial charge >= 0.3 is 0 Å². The van der Waals surface area contributed by atoms with E-state index in [1.807, 2.05) is 0 Å². The molecule has 0 heterocycles. The molecule has 0 fully saturated rings. The number of hydrogen-bond donors (Lipinski definition) is 1. The van der Waals surface area contributed by atoms with E-state index in [0.717, 1.165) is 0 Å². The second-order valence-corrected chi connectivity index (χ2v) is 6.59. The Bertz CT molecular complexity index is 808. The van der Waals surface area contributed by atoms with Crippen molar-refractivity contribution in [3.8, 4) is 17.2 Å². The Morgan fingerprint density at radius 3 is 2.09 bits per heavy atom. The fraction of sp³-hybridized carbons (Fsp3) is 0.200. The minimum absolute atomic E-state index is 0.0252. The van der Waals surface area contributed by atoms with Crippen LogP contribution in [0.5, 0.6) is 17.2 Å². The smallest absolute Gasteiger partial charge is 0.262 e. The lowest BCUT2D eigenvalue weighted by Crippen LogP contribution is -2.14. The van der Waals surface area contributed by atoms with E-state index in [4.69, 9.17) is 25.8 Å².